The number of fused-ring (bicyclic) bond motifs is 1. The first-order chi connectivity index (χ1) is 12.3. The molecule has 1 fully saturated rings. The third kappa shape index (κ3) is 6.06. The fourth-order valence-corrected chi connectivity index (χ4v) is 3.95. The summed E-state index contributed by atoms with van der Waals surface area (Å²) in [6.07, 6.45) is 7.56. The highest BCUT2D eigenvalue weighted by Crippen LogP contribution is 2.22. The van der Waals surface area contributed by atoms with E-state index in [9.17, 15) is 4.79 Å². The molecule has 0 radical (unpaired) electrons. The first-order valence-electron chi connectivity index (χ1n) is 9.12. The van der Waals surface area contributed by atoms with Gasteiger partial charge in [0.25, 0.3) is 0 Å². The zero-order valence-electron chi connectivity index (χ0n) is 14.5. The van der Waals surface area contributed by atoms with Crippen molar-refractivity contribution in [1.29, 1.82) is 0 Å². The van der Waals surface area contributed by atoms with Gasteiger partial charge in [0.2, 0.25) is 5.91 Å². The zero-order chi connectivity index (χ0) is 17.3. The summed E-state index contributed by atoms with van der Waals surface area (Å²) in [4.78, 5) is 16.3. The lowest BCUT2D eigenvalue weighted by atomic mass is 9.98. The average molecular weight is 362 g/mol. The first-order valence-corrected chi connectivity index (χ1v) is 9.93. The maximum Gasteiger partial charge on any atom is 0.246 e. The molecule has 1 N–H and O–H groups in total. The van der Waals surface area contributed by atoms with Crippen LogP contribution >= 0.6 is 11.3 Å². The lowest BCUT2D eigenvalue weighted by Gasteiger charge is -2.21. The van der Waals surface area contributed by atoms with Crippen LogP contribution in [0.3, 0.4) is 0 Å². The number of ether oxygens (including phenoxy) is 2. The molecule has 1 aromatic heterocycles. The molecule has 1 heterocycles. The summed E-state index contributed by atoms with van der Waals surface area (Å²) >= 11 is 1.60. The Morgan fingerprint density at radius 3 is 2.92 bits per heavy atom. The van der Waals surface area contributed by atoms with Gasteiger partial charge in [0.1, 0.15) is 11.6 Å². The van der Waals surface area contributed by atoms with E-state index in [4.69, 9.17) is 9.47 Å². The predicted molar refractivity (Wildman–Crippen MR) is 99.7 cm³/mol. The number of carbonyl (C=O) groups is 1. The Morgan fingerprint density at radius 1 is 1.24 bits per heavy atom. The average Bonchev–Trinajstić information content (AvgIpc) is 3.05. The minimum absolute atomic E-state index is 0.0689. The second-order valence-corrected chi connectivity index (χ2v) is 7.52. The fourth-order valence-electron chi connectivity index (χ4n) is 3.05. The summed E-state index contributed by atoms with van der Waals surface area (Å²) in [6.45, 7) is 1.80. The Morgan fingerprint density at radius 2 is 2.08 bits per heavy atom. The lowest BCUT2D eigenvalue weighted by molar-refractivity contribution is -0.126. The maximum atomic E-state index is 11.8. The minimum Gasteiger partial charge on any atom is -0.378 e. The number of thiazole rings is 1. The summed E-state index contributed by atoms with van der Waals surface area (Å²) < 4.78 is 12.5. The van der Waals surface area contributed by atoms with Crippen molar-refractivity contribution in [3.8, 4) is 0 Å². The lowest BCUT2D eigenvalue weighted by Crippen LogP contribution is -2.29. The highest BCUT2D eigenvalue weighted by molar-refractivity contribution is 7.18. The van der Waals surface area contributed by atoms with Crippen LogP contribution < -0.4 is 5.32 Å². The quantitative estimate of drug-likeness (QED) is 0.692. The number of nitrogens with zero attached hydrogens (tertiary/aromatic N) is 1. The molecular formula is C19H26N2O3S. The van der Waals surface area contributed by atoms with Crippen molar-refractivity contribution in [2.24, 2.45) is 0 Å². The molecule has 3 rings (SSSR count). The molecule has 1 aliphatic carbocycles. The van der Waals surface area contributed by atoms with Crippen molar-refractivity contribution in [3.05, 3.63) is 29.3 Å². The number of benzene rings is 1. The summed E-state index contributed by atoms with van der Waals surface area (Å²) in [6, 6.07) is 7.99. The molecule has 2 aromatic rings. The van der Waals surface area contributed by atoms with Gasteiger partial charge in [0, 0.05) is 13.2 Å². The van der Waals surface area contributed by atoms with E-state index in [2.05, 4.69) is 10.3 Å². The van der Waals surface area contributed by atoms with Gasteiger partial charge in [0.05, 0.1) is 22.9 Å². The van der Waals surface area contributed by atoms with Gasteiger partial charge in [0.15, 0.2) is 0 Å². The normalized spacial score (nSPS) is 15.5. The van der Waals surface area contributed by atoms with Crippen LogP contribution in [0.4, 0.5) is 0 Å². The summed E-state index contributed by atoms with van der Waals surface area (Å²) in [5, 5.41) is 3.77. The minimum atomic E-state index is -0.0845. The zero-order valence-corrected chi connectivity index (χ0v) is 15.4. The van der Waals surface area contributed by atoms with Gasteiger partial charge in [-0.3, -0.25) is 4.79 Å². The number of nitrogens with one attached hydrogen (secondary N) is 1. The molecule has 1 amide bonds. The summed E-state index contributed by atoms with van der Waals surface area (Å²) in [5.74, 6) is -0.0845. The van der Waals surface area contributed by atoms with Gasteiger partial charge in [-0.15, -0.1) is 11.3 Å². The number of hydrogen-bond donors (Lipinski definition) is 1. The van der Waals surface area contributed by atoms with E-state index in [1.807, 2.05) is 24.3 Å². The fraction of sp³-hybridized carbons (Fsp3) is 0.579. The Bertz CT molecular complexity index is 634. The first kappa shape index (κ1) is 18.3. The summed E-state index contributed by atoms with van der Waals surface area (Å²) in [5.41, 5.74) is 0.980. The number of hydrogen-bond acceptors (Lipinski definition) is 5. The highest BCUT2D eigenvalue weighted by Gasteiger charge is 2.13. The van der Waals surface area contributed by atoms with Crippen LogP contribution in [-0.4, -0.2) is 36.8 Å². The molecule has 6 heteroatoms. The van der Waals surface area contributed by atoms with Crippen molar-refractivity contribution in [1.82, 2.24) is 10.3 Å². The smallest absolute Gasteiger partial charge is 0.246 e. The number of para-hydroxylation sites is 1. The van der Waals surface area contributed by atoms with Gasteiger partial charge >= 0.3 is 0 Å². The predicted octanol–water partition coefficient (Wildman–Crippen LogP) is 3.67. The Hall–Kier alpha value is -1.50. The van der Waals surface area contributed by atoms with E-state index in [1.165, 1.54) is 32.1 Å². The highest BCUT2D eigenvalue weighted by atomic mass is 32.1. The molecule has 0 bridgehead atoms. The van der Waals surface area contributed by atoms with E-state index in [1.54, 1.807) is 11.3 Å². The number of carbonyl (C=O) groups excluding carboxylic acids is 1. The topological polar surface area (TPSA) is 60.5 Å². The molecule has 1 aliphatic rings. The van der Waals surface area contributed by atoms with Crippen molar-refractivity contribution in [2.45, 2.75) is 51.2 Å². The number of rotatable bonds is 9. The molecule has 0 unspecified atom stereocenters. The van der Waals surface area contributed by atoms with Crippen LogP contribution in [0.5, 0.6) is 0 Å². The Kier molecular flexibility index (Phi) is 7.21. The van der Waals surface area contributed by atoms with Crippen LogP contribution in [-0.2, 0) is 20.9 Å². The molecule has 0 spiro atoms. The number of aromatic nitrogens is 1. The monoisotopic (exact) mass is 362 g/mol. The molecule has 1 aromatic carbocycles. The van der Waals surface area contributed by atoms with Crippen LogP contribution in [0.15, 0.2) is 24.3 Å². The largest absolute Gasteiger partial charge is 0.378 e. The number of amides is 1. The van der Waals surface area contributed by atoms with E-state index < -0.39 is 0 Å². The van der Waals surface area contributed by atoms with Gasteiger partial charge in [-0.25, -0.2) is 4.98 Å². The molecule has 5 nitrogen and oxygen atoms in total. The maximum absolute atomic E-state index is 11.8. The second-order valence-electron chi connectivity index (χ2n) is 6.40. The second kappa shape index (κ2) is 9.85. The molecule has 136 valence electrons. The van der Waals surface area contributed by atoms with Crippen molar-refractivity contribution in [2.75, 3.05) is 19.8 Å². The molecule has 0 aliphatic heterocycles. The summed E-state index contributed by atoms with van der Waals surface area (Å²) in [7, 11) is 0. The molecule has 0 atom stereocenters. The van der Waals surface area contributed by atoms with Crippen LogP contribution in [0, 0.1) is 0 Å². The molecule has 0 saturated heterocycles. The van der Waals surface area contributed by atoms with Crippen LogP contribution in [0.1, 0.15) is 43.5 Å². The van der Waals surface area contributed by atoms with Crippen molar-refractivity contribution >= 4 is 27.5 Å². The van der Waals surface area contributed by atoms with Crippen molar-refractivity contribution < 1.29 is 14.3 Å². The third-order valence-corrected chi connectivity index (χ3v) is 5.36. The SMILES string of the molecule is O=C(COCc1nc2ccccc2s1)NCCCOC1CCCCC1. The standard InChI is InChI=1S/C19H26N2O3S/c22-18(20-11-6-12-24-15-7-2-1-3-8-15)13-23-14-19-21-16-9-4-5-10-17(16)25-19/h4-5,9-10,15H,1-3,6-8,11-14H2,(H,20,22). The van der Waals surface area contributed by atoms with Gasteiger partial charge in [-0.05, 0) is 31.4 Å². The van der Waals surface area contributed by atoms with E-state index in [0.29, 0.717) is 19.3 Å². The van der Waals surface area contributed by atoms with E-state index >= 15 is 0 Å². The molecule has 25 heavy (non-hydrogen) atoms. The van der Waals surface area contributed by atoms with Crippen molar-refractivity contribution in [3.63, 3.8) is 0 Å². The molecule has 1 saturated carbocycles. The van der Waals surface area contributed by atoms with Gasteiger partial charge in [-0.2, -0.15) is 0 Å². The van der Waals surface area contributed by atoms with Crippen LogP contribution in [0.25, 0.3) is 10.2 Å². The van der Waals surface area contributed by atoms with Crippen LogP contribution in [0.2, 0.25) is 0 Å². The van der Waals surface area contributed by atoms with E-state index in [0.717, 1.165) is 28.3 Å². The Balaban J connectivity index is 1.24. The van der Waals surface area contributed by atoms with Gasteiger partial charge in [-0.1, -0.05) is 31.4 Å². The van der Waals surface area contributed by atoms with Gasteiger partial charge < -0.3 is 14.8 Å². The molecular weight excluding hydrogens is 336 g/mol. The Labute approximate surface area is 152 Å². The van der Waals surface area contributed by atoms with E-state index in [-0.39, 0.29) is 12.5 Å². The third-order valence-electron chi connectivity index (χ3n) is 4.35.